The maximum atomic E-state index is 12.1. The van der Waals surface area contributed by atoms with Crippen molar-refractivity contribution in [1.29, 1.82) is 0 Å². The molecule has 2 aromatic rings. The Bertz CT molecular complexity index is 696. The largest absolute Gasteiger partial charge is 0.462 e. The maximum absolute atomic E-state index is 12.1. The lowest BCUT2D eigenvalue weighted by Crippen LogP contribution is -2.14. The second-order valence-electron chi connectivity index (χ2n) is 4.02. The molecule has 0 spiro atoms. The molecule has 0 aromatic carbocycles. The number of nitrogens with zero attached hydrogens (tertiary/aromatic N) is 2. The number of rotatable bonds is 4. The van der Waals surface area contributed by atoms with Crippen molar-refractivity contribution < 1.29 is 14.3 Å². The van der Waals surface area contributed by atoms with Crippen LogP contribution in [0.1, 0.15) is 37.5 Å². The van der Waals surface area contributed by atoms with Gasteiger partial charge in [0.1, 0.15) is 5.00 Å². The number of thiophene rings is 1. The van der Waals surface area contributed by atoms with Gasteiger partial charge in [-0.15, -0.1) is 21.5 Å². The number of aryl methyl sites for hydroxylation is 1. The van der Waals surface area contributed by atoms with Crippen molar-refractivity contribution in [3.63, 3.8) is 0 Å². The van der Waals surface area contributed by atoms with Crippen LogP contribution in [0.5, 0.6) is 0 Å². The summed E-state index contributed by atoms with van der Waals surface area (Å²) >= 11 is 7.94. The van der Waals surface area contributed by atoms with E-state index in [1.54, 1.807) is 6.92 Å². The smallest absolute Gasteiger partial charge is 0.341 e. The lowest BCUT2D eigenvalue weighted by Gasteiger charge is -2.05. The molecule has 2 aromatic heterocycles. The molecule has 0 fully saturated rings. The number of esters is 1. The number of nitrogens with one attached hydrogen (secondary N) is 1. The number of carbonyl (C=O) groups is 2. The van der Waals surface area contributed by atoms with Gasteiger partial charge in [-0.25, -0.2) is 4.79 Å². The third-order valence-electron chi connectivity index (χ3n) is 2.69. The van der Waals surface area contributed by atoms with Crippen LogP contribution in [0.2, 0.25) is 4.47 Å². The van der Waals surface area contributed by atoms with Crippen LogP contribution in [0.4, 0.5) is 5.00 Å². The summed E-state index contributed by atoms with van der Waals surface area (Å²) in [5.74, 6) is -0.906. The molecule has 6 nitrogen and oxygen atoms in total. The maximum Gasteiger partial charge on any atom is 0.341 e. The summed E-state index contributed by atoms with van der Waals surface area (Å²) in [6.07, 6.45) is 0. The van der Waals surface area contributed by atoms with Gasteiger partial charge in [-0.05, 0) is 37.9 Å². The lowest BCUT2D eigenvalue weighted by atomic mass is 10.1. The van der Waals surface area contributed by atoms with E-state index in [1.165, 1.54) is 11.3 Å². The van der Waals surface area contributed by atoms with E-state index in [0.717, 1.165) is 21.8 Å². The van der Waals surface area contributed by atoms with Crippen molar-refractivity contribution in [1.82, 2.24) is 10.2 Å². The predicted octanol–water partition coefficient (Wildman–Crippen LogP) is 3.30. The zero-order valence-electron chi connectivity index (χ0n) is 11.5. The van der Waals surface area contributed by atoms with Crippen molar-refractivity contribution in [2.75, 3.05) is 11.9 Å². The van der Waals surface area contributed by atoms with Crippen molar-refractivity contribution in [3.05, 3.63) is 25.5 Å². The fourth-order valence-corrected chi connectivity index (χ4v) is 3.38. The molecule has 21 heavy (non-hydrogen) atoms. The molecule has 2 heterocycles. The van der Waals surface area contributed by atoms with Crippen LogP contribution >= 0.6 is 34.3 Å². The molecule has 0 saturated carbocycles. The first-order valence-electron chi connectivity index (χ1n) is 6.01. The van der Waals surface area contributed by atoms with E-state index >= 15 is 0 Å². The minimum atomic E-state index is -0.454. The van der Waals surface area contributed by atoms with Gasteiger partial charge in [-0.1, -0.05) is 11.3 Å². The van der Waals surface area contributed by atoms with Gasteiger partial charge in [0.2, 0.25) is 9.47 Å². The summed E-state index contributed by atoms with van der Waals surface area (Å²) < 4.78 is 5.21. The van der Waals surface area contributed by atoms with Crippen molar-refractivity contribution in [2.45, 2.75) is 20.8 Å². The van der Waals surface area contributed by atoms with E-state index in [4.69, 9.17) is 16.3 Å². The van der Waals surface area contributed by atoms with Gasteiger partial charge >= 0.3 is 5.97 Å². The minimum absolute atomic E-state index is 0.138. The van der Waals surface area contributed by atoms with Gasteiger partial charge in [0, 0.05) is 4.88 Å². The molecule has 9 heteroatoms. The second kappa shape index (κ2) is 6.50. The molecule has 0 unspecified atom stereocenters. The fourth-order valence-electron chi connectivity index (χ4n) is 1.62. The molecular formula is C12H12ClN3O3S2. The average Bonchev–Trinajstić information content (AvgIpc) is 2.95. The zero-order valence-corrected chi connectivity index (χ0v) is 13.9. The molecule has 2 rings (SSSR count). The van der Waals surface area contributed by atoms with E-state index in [2.05, 4.69) is 15.5 Å². The Morgan fingerprint density at radius 2 is 2.00 bits per heavy atom. The van der Waals surface area contributed by atoms with Gasteiger partial charge < -0.3 is 10.1 Å². The van der Waals surface area contributed by atoms with E-state index < -0.39 is 11.9 Å². The standard InChI is InChI=1S/C12H12ClN3O3S2/c1-4-19-11(18)7-5(2)6(3)20-9(7)14-8(17)10-15-16-12(13)21-10/h4H2,1-3H3,(H,14,17). The highest BCUT2D eigenvalue weighted by atomic mass is 35.5. The van der Waals surface area contributed by atoms with Crippen molar-refractivity contribution in [3.8, 4) is 0 Å². The Labute approximate surface area is 134 Å². The summed E-state index contributed by atoms with van der Waals surface area (Å²) in [5.41, 5.74) is 1.17. The number of amides is 1. The van der Waals surface area contributed by atoms with E-state index in [1.807, 2.05) is 13.8 Å². The normalized spacial score (nSPS) is 10.5. The van der Waals surface area contributed by atoms with E-state index in [0.29, 0.717) is 10.6 Å². The first-order chi connectivity index (χ1) is 9.93. The Hall–Kier alpha value is -1.51. The Balaban J connectivity index is 2.29. The summed E-state index contributed by atoms with van der Waals surface area (Å²) in [7, 11) is 0. The summed E-state index contributed by atoms with van der Waals surface area (Å²) in [4.78, 5) is 25.0. The first kappa shape index (κ1) is 15.9. The fraction of sp³-hybridized carbons (Fsp3) is 0.333. The third kappa shape index (κ3) is 3.39. The molecule has 0 aliphatic rings. The molecule has 0 saturated heterocycles. The topological polar surface area (TPSA) is 81.2 Å². The Morgan fingerprint density at radius 1 is 1.29 bits per heavy atom. The minimum Gasteiger partial charge on any atom is -0.462 e. The number of hydrogen-bond donors (Lipinski definition) is 1. The molecule has 0 radical (unpaired) electrons. The number of ether oxygens (including phenoxy) is 1. The molecule has 0 bridgehead atoms. The third-order valence-corrected chi connectivity index (χ3v) is 4.83. The Kier molecular flexibility index (Phi) is 4.92. The van der Waals surface area contributed by atoms with Crippen LogP contribution in [0.25, 0.3) is 0 Å². The molecular weight excluding hydrogens is 334 g/mol. The van der Waals surface area contributed by atoms with Gasteiger partial charge in [0.05, 0.1) is 12.2 Å². The summed E-state index contributed by atoms with van der Waals surface area (Å²) in [5, 5.41) is 10.5. The summed E-state index contributed by atoms with van der Waals surface area (Å²) in [6.45, 7) is 5.69. The Morgan fingerprint density at radius 3 is 2.57 bits per heavy atom. The SMILES string of the molecule is CCOC(=O)c1c(NC(=O)c2nnc(Cl)s2)sc(C)c1C. The van der Waals surface area contributed by atoms with Crippen LogP contribution < -0.4 is 5.32 Å². The number of carbonyl (C=O) groups excluding carboxylic acids is 2. The second-order valence-corrected chi connectivity index (χ2v) is 6.81. The number of aromatic nitrogens is 2. The lowest BCUT2D eigenvalue weighted by molar-refractivity contribution is 0.0527. The van der Waals surface area contributed by atoms with Crippen LogP contribution in [0, 0.1) is 13.8 Å². The van der Waals surface area contributed by atoms with Gasteiger partial charge in [0.25, 0.3) is 5.91 Å². The molecule has 0 aliphatic carbocycles. The van der Waals surface area contributed by atoms with Gasteiger partial charge in [-0.3, -0.25) is 4.79 Å². The monoisotopic (exact) mass is 345 g/mol. The van der Waals surface area contributed by atoms with E-state index in [9.17, 15) is 9.59 Å². The van der Waals surface area contributed by atoms with Crippen LogP contribution in [-0.2, 0) is 4.74 Å². The highest BCUT2D eigenvalue weighted by Gasteiger charge is 2.23. The van der Waals surface area contributed by atoms with Crippen LogP contribution in [0.3, 0.4) is 0 Å². The molecule has 112 valence electrons. The van der Waals surface area contributed by atoms with Crippen LogP contribution in [0.15, 0.2) is 0 Å². The average molecular weight is 346 g/mol. The molecule has 1 N–H and O–H groups in total. The molecule has 0 aliphatic heterocycles. The van der Waals surface area contributed by atoms with Crippen molar-refractivity contribution >= 4 is 51.2 Å². The van der Waals surface area contributed by atoms with Crippen LogP contribution in [-0.4, -0.2) is 28.7 Å². The highest BCUT2D eigenvalue weighted by molar-refractivity contribution is 7.18. The quantitative estimate of drug-likeness (QED) is 0.860. The summed E-state index contributed by atoms with van der Waals surface area (Å²) in [6, 6.07) is 0. The van der Waals surface area contributed by atoms with Gasteiger partial charge in [0.15, 0.2) is 0 Å². The first-order valence-corrected chi connectivity index (χ1v) is 8.02. The number of anilines is 1. The zero-order chi connectivity index (χ0) is 15.6. The van der Waals surface area contributed by atoms with E-state index in [-0.39, 0.29) is 16.1 Å². The van der Waals surface area contributed by atoms with Crippen molar-refractivity contribution in [2.24, 2.45) is 0 Å². The van der Waals surface area contributed by atoms with Gasteiger partial charge in [-0.2, -0.15) is 0 Å². The molecule has 0 atom stereocenters. The predicted molar refractivity (Wildman–Crippen MR) is 82.6 cm³/mol. The number of halogens is 1. The molecule has 1 amide bonds. The highest BCUT2D eigenvalue weighted by Crippen LogP contribution is 2.33. The number of hydrogen-bond acceptors (Lipinski definition) is 7.